The molecule has 2 fully saturated rings. The second-order valence-electron chi connectivity index (χ2n) is 12.2. The molecule has 39 heavy (non-hydrogen) atoms. The maximum Gasteiger partial charge on any atom is 0.289 e. The maximum absolute atomic E-state index is 13.9. The van der Waals surface area contributed by atoms with Crippen LogP contribution in [0.3, 0.4) is 0 Å². The third-order valence-corrected chi connectivity index (χ3v) is 9.27. The van der Waals surface area contributed by atoms with Gasteiger partial charge in [-0.15, -0.1) is 13.2 Å². The molecule has 3 amide bonds. The zero-order valence-corrected chi connectivity index (χ0v) is 25.1. The number of hydrogen-bond acceptors (Lipinski definition) is 6. The van der Waals surface area contributed by atoms with Gasteiger partial charge in [0.2, 0.25) is 17.6 Å². The Balaban J connectivity index is 2.34. The molecule has 5 atom stereocenters. The van der Waals surface area contributed by atoms with Crippen molar-refractivity contribution in [1.82, 2.24) is 24.6 Å². The fourth-order valence-electron chi connectivity index (χ4n) is 5.17. The number of rotatable bonds is 14. The summed E-state index contributed by atoms with van der Waals surface area (Å²) in [7, 11) is -1.22. The number of ketones is 1. The fourth-order valence-corrected chi connectivity index (χ4v) is 6.14. The number of nitrogens with one attached hydrogen (secondary N) is 3. The van der Waals surface area contributed by atoms with E-state index in [0.717, 1.165) is 4.31 Å². The molecule has 0 aromatic heterocycles. The van der Waals surface area contributed by atoms with Crippen molar-refractivity contribution < 1.29 is 27.6 Å². The molecule has 1 heterocycles. The van der Waals surface area contributed by atoms with Gasteiger partial charge in [-0.25, -0.2) is 0 Å². The Labute approximate surface area is 233 Å². The Kier molecular flexibility index (Phi) is 10.3. The number of Topliss-reactive ketones (excluding diaryl/α,β-unsaturated/α-hetero) is 1. The predicted molar refractivity (Wildman–Crippen MR) is 149 cm³/mol. The summed E-state index contributed by atoms with van der Waals surface area (Å²) in [5.74, 6) is -2.74. The summed E-state index contributed by atoms with van der Waals surface area (Å²) in [5.41, 5.74) is -1.00. The molecule has 220 valence electrons. The van der Waals surface area contributed by atoms with Gasteiger partial charge < -0.3 is 15.5 Å². The number of piperidine rings is 1. The molecule has 0 aromatic carbocycles. The highest BCUT2D eigenvalue weighted by Gasteiger charge is 2.70. The monoisotopic (exact) mass is 567 g/mol. The molecule has 0 bridgehead atoms. The van der Waals surface area contributed by atoms with E-state index in [0.29, 0.717) is 12.8 Å². The molecule has 12 heteroatoms. The lowest BCUT2D eigenvalue weighted by Gasteiger charge is -2.38. The van der Waals surface area contributed by atoms with E-state index in [9.17, 15) is 27.6 Å². The van der Waals surface area contributed by atoms with E-state index < -0.39 is 57.3 Å². The van der Waals surface area contributed by atoms with Crippen molar-refractivity contribution in [3.05, 3.63) is 25.3 Å². The van der Waals surface area contributed by atoms with Crippen LogP contribution in [-0.4, -0.2) is 86.4 Å². The van der Waals surface area contributed by atoms with E-state index >= 15 is 0 Å². The third-order valence-electron chi connectivity index (χ3n) is 7.77. The molecule has 11 nitrogen and oxygen atoms in total. The Morgan fingerprint density at radius 3 is 2.21 bits per heavy atom. The molecule has 1 aliphatic heterocycles. The minimum atomic E-state index is -3.95. The number of carbonyl (C=O) groups excluding carboxylic acids is 4. The van der Waals surface area contributed by atoms with Gasteiger partial charge in [0.1, 0.15) is 12.1 Å². The van der Waals surface area contributed by atoms with Crippen LogP contribution in [0, 0.1) is 22.7 Å². The molecule has 2 aliphatic rings. The van der Waals surface area contributed by atoms with Gasteiger partial charge in [0.15, 0.2) is 0 Å². The van der Waals surface area contributed by atoms with Crippen molar-refractivity contribution in [2.24, 2.45) is 22.7 Å². The van der Waals surface area contributed by atoms with Crippen LogP contribution in [0.5, 0.6) is 0 Å². The first-order valence-corrected chi connectivity index (χ1v) is 14.7. The second kappa shape index (κ2) is 12.3. The van der Waals surface area contributed by atoms with E-state index in [2.05, 4.69) is 28.5 Å². The first kappa shape index (κ1) is 32.6. The normalized spacial score (nSPS) is 23.4. The highest BCUT2D eigenvalue weighted by atomic mass is 32.2. The Morgan fingerprint density at radius 1 is 1.10 bits per heavy atom. The largest absolute Gasteiger partial charge is 0.349 e. The smallest absolute Gasteiger partial charge is 0.289 e. The number of nitrogens with zero attached hydrogens (tertiary/aromatic N) is 2. The summed E-state index contributed by atoms with van der Waals surface area (Å²) >= 11 is 0. The average Bonchev–Trinajstić information content (AvgIpc) is 3.17. The lowest BCUT2D eigenvalue weighted by atomic mass is 9.86. The molecule has 5 unspecified atom stereocenters. The molecule has 1 saturated carbocycles. The maximum atomic E-state index is 13.9. The van der Waals surface area contributed by atoms with E-state index in [-0.39, 0.29) is 36.8 Å². The molecule has 1 saturated heterocycles. The first-order chi connectivity index (χ1) is 17.9. The van der Waals surface area contributed by atoms with Crippen LogP contribution in [0.15, 0.2) is 25.3 Å². The topological polar surface area (TPSA) is 145 Å². The molecule has 0 radical (unpaired) electrons. The first-order valence-electron chi connectivity index (χ1n) is 13.3. The van der Waals surface area contributed by atoms with Gasteiger partial charge in [-0.05, 0) is 41.9 Å². The molecule has 1 aliphatic carbocycles. The van der Waals surface area contributed by atoms with Gasteiger partial charge in [-0.2, -0.15) is 17.4 Å². The number of fused-ring (bicyclic) bond motifs is 1. The average molecular weight is 568 g/mol. The molecular formula is C27H45N5O6S. The summed E-state index contributed by atoms with van der Waals surface area (Å²) in [6.45, 7) is 17.1. The number of amides is 3. The van der Waals surface area contributed by atoms with E-state index in [1.807, 2.05) is 13.8 Å². The van der Waals surface area contributed by atoms with Crippen LogP contribution < -0.4 is 15.4 Å². The Morgan fingerprint density at radius 2 is 1.69 bits per heavy atom. The van der Waals surface area contributed by atoms with E-state index in [1.165, 1.54) is 19.0 Å². The Bertz CT molecular complexity index is 1090. The van der Waals surface area contributed by atoms with E-state index in [4.69, 9.17) is 0 Å². The SMILES string of the molecule is C=CCCNC(=O)C(=O)C(CCC=C)NC(=O)C1C2C(CN1C(=O)C(NS(=O)(=O)N(C)C)C(C)(C)C)C2(C)C. The van der Waals surface area contributed by atoms with Crippen LogP contribution >= 0.6 is 0 Å². The quantitative estimate of drug-likeness (QED) is 0.162. The molecule has 0 aromatic rings. The lowest BCUT2D eigenvalue weighted by Crippen LogP contribution is -2.61. The Hall–Kier alpha value is -2.57. The van der Waals surface area contributed by atoms with Crippen LogP contribution in [-0.2, 0) is 29.4 Å². The van der Waals surface area contributed by atoms with Gasteiger partial charge >= 0.3 is 0 Å². The van der Waals surface area contributed by atoms with Crippen LogP contribution in [0.4, 0.5) is 0 Å². The van der Waals surface area contributed by atoms with Crippen LogP contribution in [0.25, 0.3) is 0 Å². The van der Waals surface area contributed by atoms with Crippen molar-refractivity contribution in [2.45, 2.75) is 72.0 Å². The second-order valence-corrected chi connectivity index (χ2v) is 14.1. The van der Waals surface area contributed by atoms with Crippen molar-refractivity contribution in [2.75, 3.05) is 27.2 Å². The third kappa shape index (κ3) is 7.34. The number of hydrogen-bond donors (Lipinski definition) is 3. The minimum absolute atomic E-state index is 0.0489. The van der Waals surface area contributed by atoms with Gasteiger partial charge in [0.25, 0.3) is 16.1 Å². The van der Waals surface area contributed by atoms with Gasteiger partial charge in [-0.1, -0.05) is 46.8 Å². The fraction of sp³-hybridized carbons (Fsp3) is 0.704. The zero-order chi connectivity index (χ0) is 29.9. The van der Waals surface area contributed by atoms with Crippen molar-refractivity contribution in [3.63, 3.8) is 0 Å². The standard InChI is InChI=1S/C27H45N5O6S/c1-10-12-14-18(21(33)24(35)28-15-13-11-2)29-23(34)20-19-17(27(19,6)7)16-32(20)25(36)22(26(3,4)5)30-39(37,38)31(8)9/h10-11,17-20,22,30H,1-2,12-16H2,3-9H3,(H,28,35)(H,29,34). The summed E-state index contributed by atoms with van der Waals surface area (Å²) in [5, 5.41) is 5.26. The number of likely N-dealkylation sites (tertiary alicyclic amines) is 1. The molecule has 0 spiro atoms. The number of allylic oxidation sites excluding steroid dienone is 1. The highest BCUT2D eigenvalue weighted by Crippen LogP contribution is 2.65. The van der Waals surface area contributed by atoms with E-state index in [1.54, 1.807) is 32.9 Å². The van der Waals surface area contributed by atoms with Gasteiger partial charge in [-0.3, -0.25) is 19.2 Å². The van der Waals surface area contributed by atoms with Crippen LogP contribution in [0.2, 0.25) is 0 Å². The van der Waals surface area contributed by atoms with Crippen molar-refractivity contribution in [3.8, 4) is 0 Å². The summed E-state index contributed by atoms with van der Waals surface area (Å²) < 4.78 is 28.8. The summed E-state index contributed by atoms with van der Waals surface area (Å²) in [6, 6.07) is -3.13. The van der Waals surface area contributed by atoms with Crippen molar-refractivity contribution >= 4 is 33.7 Å². The molecular weight excluding hydrogens is 522 g/mol. The minimum Gasteiger partial charge on any atom is -0.349 e. The summed E-state index contributed by atoms with van der Waals surface area (Å²) in [4.78, 5) is 54.4. The van der Waals surface area contributed by atoms with Gasteiger partial charge in [0.05, 0.1) is 6.04 Å². The lowest BCUT2D eigenvalue weighted by molar-refractivity contribution is -0.145. The summed E-state index contributed by atoms with van der Waals surface area (Å²) in [6.07, 6.45) is 4.27. The zero-order valence-electron chi connectivity index (χ0n) is 24.2. The number of carbonyl (C=O) groups is 4. The predicted octanol–water partition coefficient (Wildman–Crippen LogP) is 0.993. The molecule has 2 rings (SSSR count). The van der Waals surface area contributed by atoms with Crippen LogP contribution in [0.1, 0.15) is 53.9 Å². The van der Waals surface area contributed by atoms with Crippen molar-refractivity contribution in [1.29, 1.82) is 0 Å². The highest BCUT2D eigenvalue weighted by molar-refractivity contribution is 7.87. The van der Waals surface area contributed by atoms with Gasteiger partial charge in [0, 0.05) is 27.2 Å². The molecule has 3 N–H and O–H groups in total.